The van der Waals surface area contributed by atoms with E-state index >= 15 is 0 Å². The van der Waals surface area contributed by atoms with Gasteiger partial charge in [-0.05, 0) is 19.1 Å². The van der Waals surface area contributed by atoms with Gasteiger partial charge in [-0.3, -0.25) is 14.9 Å². The van der Waals surface area contributed by atoms with Gasteiger partial charge in [0.05, 0.1) is 17.7 Å². The van der Waals surface area contributed by atoms with Gasteiger partial charge in [0.15, 0.2) is 0 Å². The minimum Gasteiger partial charge on any atom is -0.506 e. The van der Waals surface area contributed by atoms with Crippen molar-refractivity contribution in [2.45, 2.75) is 13.0 Å². The normalized spacial score (nSPS) is 11.7. The number of para-hydroxylation sites is 2. The Morgan fingerprint density at radius 1 is 1.50 bits per heavy atom. The summed E-state index contributed by atoms with van der Waals surface area (Å²) >= 11 is 0. The Bertz CT molecular complexity index is 712. The summed E-state index contributed by atoms with van der Waals surface area (Å²) in [5, 5.41) is 26.9. The first-order chi connectivity index (χ1) is 10.4. The van der Waals surface area contributed by atoms with E-state index < -0.39 is 16.9 Å². The number of hydrogen-bond acceptors (Lipinski definition) is 6. The van der Waals surface area contributed by atoms with E-state index in [4.69, 9.17) is 4.74 Å². The van der Waals surface area contributed by atoms with Gasteiger partial charge < -0.3 is 15.2 Å². The zero-order valence-electron chi connectivity index (χ0n) is 11.9. The Morgan fingerprint density at radius 2 is 2.18 bits per heavy atom. The van der Waals surface area contributed by atoms with Crippen LogP contribution < -0.4 is 10.1 Å². The molecule has 1 heterocycles. The molecule has 9 heteroatoms. The molecule has 0 spiro atoms. The van der Waals surface area contributed by atoms with Crippen molar-refractivity contribution in [2.75, 3.05) is 12.4 Å². The molecule has 0 saturated heterocycles. The van der Waals surface area contributed by atoms with Gasteiger partial charge >= 0.3 is 11.6 Å². The number of amides is 1. The summed E-state index contributed by atoms with van der Waals surface area (Å²) < 4.78 is 5.94. The minimum atomic E-state index is -0.831. The first-order valence-corrected chi connectivity index (χ1v) is 6.30. The van der Waals surface area contributed by atoms with Crippen LogP contribution in [0.2, 0.25) is 0 Å². The molecule has 1 aromatic heterocycles. The number of nitro groups is 1. The predicted octanol–water partition coefficient (Wildman–Crippen LogP) is 1.71. The number of aromatic nitrogens is 2. The molecular weight excluding hydrogens is 292 g/mol. The smallest absolute Gasteiger partial charge is 0.350 e. The number of hydrogen-bond donors (Lipinski definition) is 2. The van der Waals surface area contributed by atoms with Crippen molar-refractivity contribution < 1.29 is 19.6 Å². The van der Waals surface area contributed by atoms with Gasteiger partial charge in [0, 0.05) is 0 Å². The standard InChI is InChI=1S/C13H14N4O5/c1-8(12(19)14-9-5-3-4-6-11(9)18)16-7-10(17(20)21)13(15-16)22-2/h3-8,18H,1-2H3,(H,14,19). The Labute approximate surface area is 125 Å². The number of phenolic OH excluding ortho intramolecular Hbond substituents is 1. The summed E-state index contributed by atoms with van der Waals surface area (Å²) in [5.74, 6) is -0.735. The van der Waals surface area contributed by atoms with E-state index in [-0.39, 0.29) is 23.0 Å². The Kier molecular flexibility index (Phi) is 4.25. The molecule has 1 aromatic carbocycles. The SMILES string of the molecule is COc1nn(C(C)C(=O)Nc2ccccc2O)cc1[N+](=O)[O-]. The molecule has 2 rings (SSSR count). The van der Waals surface area contributed by atoms with Crippen molar-refractivity contribution in [2.24, 2.45) is 0 Å². The number of aromatic hydroxyl groups is 1. The number of benzene rings is 1. The van der Waals surface area contributed by atoms with Crippen molar-refractivity contribution in [3.8, 4) is 11.6 Å². The molecule has 1 amide bonds. The monoisotopic (exact) mass is 306 g/mol. The zero-order chi connectivity index (χ0) is 16.3. The molecule has 2 N–H and O–H groups in total. The van der Waals surface area contributed by atoms with Crippen LogP contribution in [0, 0.1) is 10.1 Å². The summed E-state index contributed by atoms with van der Waals surface area (Å²) in [5.41, 5.74) is -0.0855. The molecular formula is C13H14N4O5. The van der Waals surface area contributed by atoms with Crippen molar-refractivity contribution >= 4 is 17.3 Å². The lowest BCUT2D eigenvalue weighted by atomic mass is 10.2. The zero-order valence-corrected chi connectivity index (χ0v) is 11.9. The molecule has 0 saturated carbocycles. The average Bonchev–Trinajstić information content (AvgIpc) is 2.93. The number of carbonyl (C=O) groups excluding carboxylic acids is 1. The molecule has 0 radical (unpaired) electrons. The Morgan fingerprint density at radius 3 is 2.73 bits per heavy atom. The molecule has 0 aliphatic rings. The number of nitrogens with one attached hydrogen (secondary N) is 1. The van der Waals surface area contributed by atoms with Crippen molar-refractivity contribution in [1.82, 2.24) is 9.78 Å². The van der Waals surface area contributed by atoms with E-state index in [2.05, 4.69) is 10.4 Å². The van der Waals surface area contributed by atoms with Gasteiger partial charge in [-0.2, -0.15) is 0 Å². The van der Waals surface area contributed by atoms with Crippen molar-refractivity contribution in [1.29, 1.82) is 0 Å². The van der Waals surface area contributed by atoms with Gasteiger partial charge in [-0.15, -0.1) is 5.10 Å². The second kappa shape index (κ2) is 6.12. The van der Waals surface area contributed by atoms with Crippen LogP contribution in [0.5, 0.6) is 11.6 Å². The Hall–Kier alpha value is -3.10. The predicted molar refractivity (Wildman–Crippen MR) is 76.9 cm³/mol. The maximum absolute atomic E-state index is 12.2. The third-order valence-corrected chi connectivity index (χ3v) is 3.01. The molecule has 0 bridgehead atoms. The minimum absolute atomic E-state index is 0.0768. The molecule has 1 atom stereocenters. The van der Waals surface area contributed by atoms with Crippen LogP contribution in [0.15, 0.2) is 30.5 Å². The van der Waals surface area contributed by atoms with Crippen molar-refractivity contribution in [3.63, 3.8) is 0 Å². The first-order valence-electron chi connectivity index (χ1n) is 6.30. The van der Waals surface area contributed by atoms with Crippen LogP contribution in [0.4, 0.5) is 11.4 Å². The fourth-order valence-electron chi connectivity index (χ4n) is 1.77. The summed E-state index contributed by atoms with van der Waals surface area (Å²) in [6.45, 7) is 1.52. The van der Waals surface area contributed by atoms with Crippen LogP contribution in [0.3, 0.4) is 0 Å². The Balaban J connectivity index is 2.21. The molecule has 1 unspecified atom stereocenters. The van der Waals surface area contributed by atoms with E-state index in [0.29, 0.717) is 0 Å². The van der Waals surface area contributed by atoms with E-state index in [9.17, 15) is 20.0 Å². The quantitative estimate of drug-likeness (QED) is 0.493. The molecule has 9 nitrogen and oxygen atoms in total. The van der Waals surface area contributed by atoms with Crippen LogP contribution in [-0.4, -0.2) is 32.8 Å². The van der Waals surface area contributed by atoms with E-state index in [1.165, 1.54) is 26.2 Å². The van der Waals surface area contributed by atoms with Crippen LogP contribution in [-0.2, 0) is 4.79 Å². The summed E-state index contributed by atoms with van der Waals surface area (Å²) in [7, 11) is 1.26. The number of anilines is 1. The number of nitrogens with zero attached hydrogens (tertiary/aromatic N) is 3. The van der Waals surface area contributed by atoms with E-state index in [1.807, 2.05) is 0 Å². The maximum atomic E-state index is 12.2. The fraction of sp³-hybridized carbons (Fsp3) is 0.231. The van der Waals surface area contributed by atoms with Gasteiger partial charge in [0.2, 0.25) is 5.91 Å². The molecule has 0 aliphatic carbocycles. The average molecular weight is 306 g/mol. The van der Waals surface area contributed by atoms with Gasteiger partial charge in [0.1, 0.15) is 18.0 Å². The van der Waals surface area contributed by atoms with E-state index in [0.717, 1.165) is 10.9 Å². The molecule has 0 aliphatic heterocycles. The summed E-state index contributed by atoms with van der Waals surface area (Å²) in [6.07, 6.45) is 1.12. The number of phenols is 1. The third-order valence-electron chi connectivity index (χ3n) is 3.01. The highest BCUT2D eigenvalue weighted by atomic mass is 16.6. The lowest BCUT2D eigenvalue weighted by Gasteiger charge is -2.12. The summed E-state index contributed by atoms with van der Waals surface area (Å²) in [6, 6.07) is 5.41. The van der Waals surface area contributed by atoms with E-state index in [1.54, 1.807) is 12.1 Å². The third kappa shape index (κ3) is 2.97. The van der Waals surface area contributed by atoms with Crippen LogP contribution in [0.25, 0.3) is 0 Å². The summed E-state index contributed by atoms with van der Waals surface area (Å²) in [4.78, 5) is 22.4. The van der Waals surface area contributed by atoms with Crippen molar-refractivity contribution in [3.05, 3.63) is 40.6 Å². The molecule has 2 aromatic rings. The largest absolute Gasteiger partial charge is 0.506 e. The number of rotatable bonds is 5. The van der Waals surface area contributed by atoms with Gasteiger partial charge in [0.25, 0.3) is 0 Å². The number of ether oxygens (including phenoxy) is 1. The topological polar surface area (TPSA) is 120 Å². The second-order valence-corrected chi connectivity index (χ2v) is 4.44. The van der Waals surface area contributed by atoms with Crippen LogP contribution in [0.1, 0.15) is 13.0 Å². The number of carbonyl (C=O) groups is 1. The molecule has 0 fully saturated rings. The fourth-order valence-corrected chi connectivity index (χ4v) is 1.77. The maximum Gasteiger partial charge on any atom is 0.350 e. The van der Waals surface area contributed by atoms with Gasteiger partial charge in [-0.25, -0.2) is 4.68 Å². The highest BCUT2D eigenvalue weighted by molar-refractivity contribution is 5.94. The molecule has 116 valence electrons. The second-order valence-electron chi connectivity index (χ2n) is 4.44. The highest BCUT2D eigenvalue weighted by Crippen LogP contribution is 2.27. The highest BCUT2D eigenvalue weighted by Gasteiger charge is 2.25. The lowest BCUT2D eigenvalue weighted by molar-refractivity contribution is -0.385. The lowest BCUT2D eigenvalue weighted by Crippen LogP contribution is -2.24. The van der Waals surface area contributed by atoms with Gasteiger partial charge in [-0.1, -0.05) is 12.1 Å². The number of methoxy groups -OCH3 is 1. The van der Waals surface area contributed by atoms with Crippen LogP contribution >= 0.6 is 0 Å². The molecule has 22 heavy (non-hydrogen) atoms. The first kappa shape index (κ1) is 15.3.